The van der Waals surface area contributed by atoms with Gasteiger partial charge in [-0.25, -0.2) is 18.0 Å². The maximum absolute atomic E-state index is 12.6. The Bertz CT molecular complexity index is 533. The van der Waals surface area contributed by atoms with Crippen molar-refractivity contribution in [2.75, 3.05) is 31.1 Å². The Morgan fingerprint density at radius 2 is 1.76 bits per heavy atom. The van der Waals surface area contributed by atoms with E-state index in [0.717, 1.165) is 12.8 Å². The van der Waals surface area contributed by atoms with E-state index < -0.39 is 21.3 Å². The molecule has 0 aromatic rings. The molecule has 1 N–H and O–H groups in total. The SMILES string of the molecule is CC1(C(=O)O)CCCCN1C(=O)N1CCCS(=O)(=O)CC1. The van der Waals surface area contributed by atoms with Gasteiger partial charge in [0.1, 0.15) is 5.54 Å². The van der Waals surface area contributed by atoms with Gasteiger partial charge < -0.3 is 14.9 Å². The van der Waals surface area contributed by atoms with E-state index in [1.54, 1.807) is 6.92 Å². The Kier molecular flexibility index (Phi) is 4.46. The summed E-state index contributed by atoms with van der Waals surface area (Å²) in [7, 11) is -3.09. The lowest BCUT2D eigenvalue weighted by atomic mass is 9.89. The van der Waals surface area contributed by atoms with Crippen molar-refractivity contribution in [3.05, 3.63) is 0 Å². The van der Waals surface area contributed by atoms with Crippen molar-refractivity contribution in [1.29, 1.82) is 0 Å². The molecule has 120 valence electrons. The number of hydrogen-bond donors (Lipinski definition) is 1. The predicted octanol–water partition coefficient (Wildman–Crippen LogP) is 0.556. The topological polar surface area (TPSA) is 95.0 Å². The number of nitrogens with zero attached hydrogens (tertiary/aromatic N) is 2. The van der Waals surface area contributed by atoms with Gasteiger partial charge in [0.25, 0.3) is 0 Å². The van der Waals surface area contributed by atoms with Gasteiger partial charge in [0, 0.05) is 19.6 Å². The van der Waals surface area contributed by atoms with Crippen LogP contribution < -0.4 is 0 Å². The van der Waals surface area contributed by atoms with Crippen LogP contribution in [0.15, 0.2) is 0 Å². The van der Waals surface area contributed by atoms with Crippen LogP contribution in [0.5, 0.6) is 0 Å². The van der Waals surface area contributed by atoms with Gasteiger partial charge in [0.2, 0.25) is 0 Å². The van der Waals surface area contributed by atoms with E-state index in [9.17, 15) is 23.1 Å². The second-order valence-electron chi connectivity index (χ2n) is 5.96. The van der Waals surface area contributed by atoms with E-state index in [1.807, 2.05) is 0 Å². The molecule has 2 aliphatic heterocycles. The number of aliphatic carboxylic acids is 1. The molecule has 1 unspecified atom stereocenters. The second-order valence-corrected chi connectivity index (χ2v) is 8.27. The minimum atomic E-state index is -3.09. The van der Waals surface area contributed by atoms with E-state index in [2.05, 4.69) is 0 Å². The zero-order chi connectivity index (χ0) is 15.7. The third-order valence-corrected chi connectivity index (χ3v) is 6.12. The molecule has 0 aliphatic carbocycles. The van der Waals surface area contributed by atoms with Crippen LogP contribution in [0.25, 0.3) is 0 Å². The van der Waals surface area contributed by atoms with Crippen molar-refractivity contribution in [1.82, 2.24) is 9.80 Å². The summed E-state index contributed by atoms with van der Waals surface area (Å²) in [6.07, 6.45) is 2.40. The summed E-state index contributed by atoms with van der Waals surface area (Å²) in [5, 5.41) is 9.45. The van der Waals surface area contributed by atoms with Gasteiger partial charge in [0.05, 0.1) is 11.5 Å². The normalized spacial score (nSPS) is 29.8. The summed E-state index contributed by atoms with van der Waals surface area (Å²) in [4.78, 5) is 27.0. The third-order valence-electron chi connectivity index (χ3n) is 4.41. The number of amides is 2. The summed E-state index contributed by atoms with van der Waals surface area (Å²) < 4.78 is 23.2. The molecule has 2 saturated heterocycles. The van der Waals surface area contributed by atoms with Gasteiger partial charge in [-0.05, 0) is 32.6 Å². The molecule has 0 spiro atoms. The van der Waals surface area contributed by atoms with Crippen molar-refractivity contribution in [3.8, 4) is 0 Å². The van der Waals surface area contributed by atoms with Crippen molar-refractivity contribution in [3.63, 3.8) is 0 Å². The van der Waals surface area contributed by atoms with Gasteiger partial charge in [-0.3, -0.25) is 0 Å². The fraction of sp³-hybridized carbons (Fsp3) is 0.846. The van der Waals surface area contributed by atoms with Crippen molar-refractivity contribution in [2.45, 2.75) is 38.1 Å². The molecule has 7 nitrogen and oxygen atoms in total. The Morgan fingerprint density at radius 3 is 2.43 bits per heavy atom. The van der Waals surface area contributed by atoms with Gasteiger partial charge in [-0.1, -0.05) is 0 Å². The molecule has 2 aliphatic rings. The zero-order valence-corrected chi connectivity index (χ0v) is 13.1. The summed E-state index contributed by atoms with van der Waals surface area (Å²) in [6, 6.07) is -0.350. The largest absolute Gasteiger partial charge is 0.480 e. The number of piperidine rings is 1. The van der Waals surface area contributed by atoms with E-state index in [1.165, 1.54) is 9.80 Å². The van der Waals surface area contributed by atoms with E-state index in [0.29, 0.717) is 25.9 Å². The Balaban J connectivity index is 2.16. The van der Waals surface area contributed by atoms with Gasteiger partial charge in [-0.15, -0.1) is 0 Å². The van der Waals surface area contributed by atoms with Gasteiger partial charge in [0.15, 0.2) is 9.84 Å². The van der Waals surface area contributed by atoms with Crippen molar-refractivity contribution in [2.24, 2.45) is 0 Å². The summed E-state index contributed by atoms with van der Waals surface area (Å²) in [6.45, 7) is 2.49. The number of carbonyl (C=O) groups is 2. The van der Waals surface area contributed by atoms with Crippen molar-refractivity contribution >= 4 is 21.8 Å². The van der Waals surface area contributed by atoms with Crippen LogP contribution in [-0.4, -0.2) is 72.0 Å². The number of carboxylic acids is 1. The Hall–Kier alpha value is -1.31. The summed E-state index contributed by atoms with van der Waals surface area (Å²) >= 11 is 0. The van der Waals surface area contributed by atoms with E-state index in [4.69, 9.17) is 0 Å². The first-order chi connectivity index (χ1) is 9.76. The lowest BCUT2D eigenvalue weighted by Gasteiger charge is -2.43. The molecule has 2 rings (SSSR count). The highest BCUT2D eigenvalue weighted by molar-refractivity contribution is 7.91. The lowest BCUT2D eigenvalue weighted by molar-refractivity contribution is -0.150. The minimum Gasteiger partial charge on any atom is -0.480 e. The standard InChI is InChI=1S/C13H22N2O5S/c1-13(11(16)17)5-2-3-7-15(13)12(18)14-6-4-9-21(19,20)10-8-14/h2-10H2,1H3,(H,16,17). The fourth-order valence-corrected chi connectivity index (χ4v) is 4.22. The number of likely N-dealkylation sites (tertiary alicyclic amines) is 1. The average molecular weight is 318 g/mol. The number of carbonyl (C=O) groups excluding carboxylic acids is 1. The van der Waals surface area contributed by atoms with E-state index >= 15 is 0 Å². The quantitative estimate of drug-likeness (QED) is 0.762. The molecule has 1 atom stereocenters. The van der Waals surface area contributed by atoms with Gasteiger partial charge >= 0.3 is 12.0 Å². The lowest BCUT2D eigenvalue weighted by Crippen LogP contribution is -2.60. The molecule has 0 radical (unpaired) electrons. The average Bonchev–Trinajstić information content (AvgIpc) is 2.59. The van der Waals surface area contributed by atoms with Crippen LogP contribution in [0, 0.1) is 0 Å². The molecule has 0 aromatic carbocycles. The number of urea groups is 1. The molecule has 0 bridgehead atoms. The highest BCUT2D eigenvalue weighted by Gasteiger charge is 2.45. The predicted molar refractivity (Wildman–Crippen MR) is 76.8 cm³/mol. The minimum absolute atomic E-state index is 0.0453. The van der Waals surface area contributed by atoms with Crippen LogP contribution in [0.1, 0.15) is 32.6 Å². The van der Waals surface area contributed by atoms with Crippen LogP contribution in [-0.2, 0) is 14.6 Å². The molecular weight excluding hydrogens is 296 g/mol. The highest BCUT2D eigenvalue weighted by atomic mass is 32.2. The smallest absolute Gasteiger partial charge is 0.329 e. The fourth-order valence-electron chi connectivity index (χ4n) is 2.95. The highest BCUT2D eigenvalue weighted by Crippen LogP contribution is 2.29. The Labute approximate surface area is 124 Å². The van der Waals surface area contributed by atoms with Crippen molar-refractivity contribution < 1.29 is 23.1 Å². The molecule has 2 fully saturated rings. The number of sulfone groups is 1. The first-order valence-electron chi connectivity index (χ1n) is 7.27. The molecule has 8 heteroatoms. The Morgan fingerprint density at radius 1 is 1.05 bits per heavy atom. The van der Waals surface area contributed by atoms with Crippen LogP contribution in [0.2, 0.25) is 0 Å². The monoisotopic (exact) mass is 318 g/mol. The second kappa shape index (κ2) is 5.82. The first-order valence-corrected chi connectivity index (χ1v) is 9.09. The number of hydrogen-bond acceptors (Lipinski definition) is 4. The first kappa shape index (κ1) is 16.1. The van der Waals surface area contributed by atoms with Gasteiger partial charge in [-0.2, -0.15) is 0 Å². The maximum atomic E-state index is 12.6. The van der Waals surface area contributed by atoms with Crippen LogP contribution in [0.3, 0.4) is 0 Å². The number of carboxylic acid groups (broad SMARTS) is 1. The number of rotatable bonds is 1. The molecule has 2 amide bonds. The summed E-state index contributed by atoms with van der Waals surface area (Å²) in [5.74, 6) is -0.957. The maximum Gasteiger partial charge on any atom is 0.329 e. The van der Waals surface area contributed by atoms with Crippen LogP contribution >= 0.6 is 0 Å². The molecule has 21 heavy (non-hydrogen) atoms. The molecule has 0 saturated carbocycles. The zero-order valence-electron chi connectivity index (χ0n) is 12.2. The molecule has 2 heterocycles. The molecule has 0 aromatic heterocycles. The van der Waals surface area contributed by atoms with Crippen LogP contribution in [0.4, 0.5) is 4.79 Å². The third kappa shape index (κ3) is 3.30. The van der Waals surface area contributed by atoms with E-state index in [-0.39, 0.29) is 24.1 Å². The summed E-state index contributed by atoms with van der Waals surface area (Å²) in [5.41, 5.74) is -1.19. The molecular formula is C13H22N2O5S.